The Balaban J connectivity index is 2.44. The van der Waals surface area contributed by atoms with Gasteiger partial charge in [0.1, 0.15) is 0 Å². The summed E-state index contributed by atoms with van der Waals surface area (Å²) in [6, 6.07) is 15.1. The Labute approximate surface area is 112 Å². The first-order chi connectivity index (χ1) is 9.10. The molecule has 0 fully saturated rings. The molecule has 0 aliphatic heterocycles. The highest BCUT2D eigenvalue weighted by Gasteiger charge is 2.02. The van der Waals surface area contributed by atoms with Crippen molar-refractivity contribution in [1.82, 2.24) is 0 Å². The number of anilines is 2. The normalized spacial score (nSPS) is 11.1. The number of nitrogens with zero attached hydrogens (tertiary/aromatic N) is 1. The van der Waals surface area contributed by atoms with Crippen molar-refractivity contribution in [3.05, 3.63) is 59.2 Å². The third-order valence-corrected chi connectivity index (χ3v) is 2.94. The van der Waals surface area contributed by atoms with Crippen molar-refractivity contribution in [1.29, 1.82) is 5.26 Å². The van der Waals surface area contributed by atoms with Crippen LogP contribution in [0.1, 0.15) is 16.7 Å². The molecular formula is C16H15N3. The Bertz CT molecular complexity index is 661. The van der Waals surface area contributed by atoms with E-state index in [0.717, 1.165) is 22.4 Å². The van der Waals surface area contributed by atoms with Crippen LogP contribution in [0.25, 0.3) is 11.6 Å². The predicted molar refractivity (Wildman–Crippen MR) is 79.9 cm³/mol. The Morgan fingerprint density at radius 3 is 2.26 bits per heavy atom. The molecule has 3 nitrogen and oxygen atoms in total. The predicted octanol–water partition coefficient (Wildman–Crippen LogP) is 3.22. The van der Waals surface area contributed by atoms with Crippen LogP contribution in [0.5, 0.6) is 0 Å². The first-order valence-electron chi connectivity index (χ1n) is 5.94. The lowest BCUT2D eigenvalue weighted by Crippen LogP contribution is -1.89. The van der Waals surface area contributed by atoms with E-state index >= 15 is 0 Å². The van der Waals surface area contributed by atoms with E-state index in [4.69, 9.17) is 11.5 Å². The van der Waals surface area contributed by atoms with Crippen molar-refractivity contribution < 1.29 is 0 Å². The number of rotatable bonds is 2. The maximum Gasteiger partial charge on any atom is 0.0998 e. The van der Waals surface area contributed by atoms with Crippen LogP contribution >= 0.6 is 0 Å². The number of hydrogen-bond donors (Lipinski definition) is 2. The molecule has 94 valence electrons. The van der Waals surface area contributed by atoms with Gasteiger partial charge in [-0.25, -0.2) is 0 Å². The zero-order valence-electron chi connectivity index (χ0n) is 10.7. The largest absolute Gasteiger partial charge is 0.399 e. The molecule has 2 aromatic carbocycles. The van der Waals surface area contributed by atoms with Gasteiger partial charge in [-0.05, 0) is 54.0 Å². The highest BCUT2D eigenvalue weighted by molar-refractivity contribution is 5.90. The monoisotopic (exact) mass is 249 g/mol. The summed E-state index contributed by atoms with van der Waals surface area (Å²) in [5.41, 5.74) is 16.3. The average Bonchev–Trinajstić information content (AvgIpc) is 2.39. The summed E-state index contributed by atoms with van der Waals surface area (Å²) < 4.78 is 0. The van der Waals surface area contributed by atoms with Gasteiger partial charge in [-0.2, -0.15) is 5.26 Å². The maximum absolute atomic E-state index is 9.28. The second-order valence-electron chi connectivity index (χ2n) is 4.41. The Morgan fingerprint density at radius 1 is 1.05 bits per heavy atom. The van der Waals surface area contributed by atoms with Gasteiger partial charge in [0, 0.05) is 11.4 Å². The molecule has 0 saturated heterocycles. The molecule has 0 saturated carbocycles. The van der Waals surface area contributed by atoms with Crippen molar-refractivity contribution in [2.24, 2.45) is 0 Å². The summed E-state index contributed by atoms with van der Waals surface area (Å²) in [6.45, 7) is 1.97. The standard InChI is InChI=1S/C16H15N3/c1-11-8-16(19)7-4-13(11)9-14(10-17)12-2-5-15(18)6-3-12/h2-9H,18-19H2,1H3. The van der Waals surface area contributed by atoms with Gasteiger partial charge in [0.2, 0.25) is 0 Å². The first kappa shape index (κ1) is 12.7. The molecule has 0 aliphatic carbocycles. The molecule has 2 aromatic rings. The van der Waals surface area contributed by atoms with Crippen molar-refractivity contribution in [2.45, 2.75) is 6.92 Å². The number of allylic oxidation sites excluding steroid dienone is 1. The molecule has 0 unspecified atom stereocenters. The van der Waals surface area contributed by atoms with Gasteiger partial charge in [0.05, 0.1) is 11.6 Å². The first-order valence-corrected chi connectivity index (χ1v) is 5.94. The number of nitriles is 1. The van der Waals surface area contributed by atoms with Crippen LogP contribution in [0.15, 0.2) is 42.5 Å². The molecule has 0 aromatic heterocycles. The lowest BCUT2D eigenvalue weighted by atomic mass is 10.0. The Hall–Kier alpha value is -2.73. The summed E-state index contributed by atoms with van der Waals surface area (Å²) >= 11 is 0. The van der Waals surface area contributed by atoms with Crippen molar-refractivity contribution in [3.8, 4) is 6.07 Å². The highest BCUT2D eigenvalue weighted by atomic mass is 14.5. The molecule has 2 rings (SSSR count). The molecule has 0 atom stereocenters. The topological polar surface area (TPSA) is 75.8 Å². The lowest BCUT2D eigenvalue weighted by Gasteiger charge is -2.04. The fourth-order valence-electron chi connectivity index (χ4n) is 1.86. The quantitative estimate of drug-likeness (QED) is 0.487. The summed E-state index contributed by atoms with van der Waals surface area (Å²) in [4.78, 5) is 0. The highest BCUT2D eigenvalue weighted by Crippen LogP contribution is 2.21. The van der Waals surface area contributed by atoms with E-state index in [2.05, 4.69) is 6.07 Å². The van der Waals surface area contributed by atoms with E-state index in [-0.39, 0.29) is 0 Å². The van der Waals surface area contributed by atoms with Crippen molar-refractivity contribution in [2.75, 3.05) is 11.5 Å². The fraction of sp³-hybridized carbons (Fsp3) is 0.0625. The average molecular weight is 249 g/mol. The Morgan fingerprint density at radius 2 is 1.68 bits per heavy atom. The molecule has 0 spiro atoms. The minimum absolute atomic E-state index is 0.605. The number of aryl methyl sites for hydroxylation is 1. The van der Waals surface area contributed by atoms with Gasteiger partial charge in [0.25, 0.3) is 0 Å². The van der Waals surface area contributed by atoms with Gasteiger partial charge in [-0.1, -0.05) is 18.2 Å². The minimum Gasteiger partial charge on any atom is -0.399 e. The SMILES string of the molecule is Cc1cc(N)ccc1C=C(C#N)c1ccc(N)cc1. The number of nitrogens with two attached hydrogens (primary N) is 2. The van der Waals surface area contributed by atoms with Crippen LogP contribution in [0, 0.1) is 18.3 Å². The fourth-order valence-corrected chi connectivity index (χ4v) is 1.86. The van der Waals surface area contributed by atoms with Crippen LogP contribution in [-0.2, 0) is 0 Å². The third-order valence-electron chi connectivity index (χ3n) is 2.94. The summed E-state index contributed by atoms with van der Waals surface area (Å²) in [5.74, 6) is 0. The van der Waals surface area contributed by atoms with E-state index in [1.165, 1.54) is 0 Å². The summed E-state index contributed by atoms with van der Waals surface area (Å²) in [5, 5.41) is 9.28. The van der Waals surface area contributed by atoms with Crippen LogP contribution in [-0.4, -0.2) is 0 Å². The number of nitrogen functional groups attached to an aromatic ring is 2. The lowest BCUT2D eigenvalue weighted by molar-refractivity contribution is 1.44. The van der Waals surface area contributed by atoms with Gasteiger partial charge in [-0.15, -0.1) is 0 Å². The van der Waals surface area contributed by atoms with Crippen LogP contribution in [0.3, 0.4) is 0 Å². The summed E-state index contributed by atoms with van der Waals surface area (Å²) in [7, 11) is 0. The van der Waals surface area contributed by atoms with Gasteiger partial charge in [0.15, 0.2) is 0 Å². The van der Waals surface area contributed by atoms with Crippen molar-refractivity contribution >= 4 is 23.0 Å². The number of hydrogen-bond acceptors (Lipinski definition) is 3. The minimum atomic E-state index is 0.605. The van der Waals surface area contributed by atoms with Gasteiger partial charge < -0.3 is 11.5 Å². The smallest absolute Gasteiger partial charge is 0.0998 e. The van der Waals surface area contributed by atoms with E-state index < -0.39 is 0 Å². The summed E-state index contributed by atoms with van der Waals surface area (Å²) in [6.07, 6.45) is 1.86. The van der Waals surface area contributed by atoms with Crippen LogP contribution < -0.4 is 11.5 Å². The van der Waals surface area contributed by atoms with E-state index in [9.17, 15) is 5.26 Å². The van der Waals surface area contributed by atoms with E-state index in [1.54, 1.807) is 12.1 Å². The van der Waals surface area contributed by atoms with Gasteiger partial charge >= 0.3 is 0 Å². The van der Waals surface area contributed by atoms with Crippen LogP contribution in [0.2, 0.25) is 0 Å². The second kappa shape index (κ2) is 5.28. The third kappa shape index (κ3) is 2.93. The second-order valence-corrected chi connectivity index (χ2v) is 4.41. The molecule has 19 heavy (non-hydrogen) atoms. The number of benzene rings is 2. The molecular weight excluding hydrogens is 234 g/mol. The zero-order valence-corrected chi connectivity index (χ0v) is 10.7. The molecule has 0 amide bonds. The van der Waals surface area contributed by atoms with E-state index in [1.807, 2.05) is 43.3 Å². The molecule has 0 heterocycles. The van der Waals surface area contributed by atoms with Crippen LogP contribution in [0.4, 0.5) is 11.4 Å². The Kier molecular flexibility index (Phi) is 3.53. The zero-order chi connectivity index (χ0) is 13.8. The molecule has 0 aliphatic rings. The van der Waals surface area contributed by atoms with E-state index in [0.29, 0.717) is 11.3 Å². The molecule has 0 radical (unpaired) electrons. The molecule has 4 N–H and O–H groups in total. The maximum atomic E-state index is 9.28. The molecule has 3 heteroatoms. The van der Waals surface area contributed by atoms with Gasteiger partial charge in [-0.3, -0.25) is 0 Å². The molecule has 0 bridgehead atoms. The van der Waals surface area contributed by atoms with Crippen molar-refractivity contribution in [3.63, 3.8) is 0 Å².